The Bertz CT molecular complexity index is 773. The third-order valence-corrected chi connectivity index (χ3v) is 4.65. The highest BCUT2D eigenvalue weighted by Gasteiger charge is 2.38. The Hall–Kier alpha value is -2.54. The molecule has 2 heterocycles. The van der Waals surface area contributed by atoms with Crippen molar-refractivity contribution in [3.05, 3.63) is 30.6 Å². The van der Waals surface area contributed by atoms with Gasteiger partial charge in [-0.15, -0.1) is 0 Å². The molecule has 1 aliphatic heterocycles. The molecule has 0 radical (unpaired) electrons. The Labute approximate surface area is 160 Å². The second-order valence-electron chi connectivity index (χ2n) is 8.36. The maximum absolute atomic E-state index is 6.29. The Morgan fingerprint density at radius 3 is 2.22 bits per heavy atom. The molecule has 0 bridgehead atoms. The van der Waals surface area contributed by atoms with Crippen LogP contribution in [0.15, 0.2) is 30.6 Å². The van der Waals surface area contributed by atoms with Crippen molar-refractivity contribution in [2.45, 2.75) is 57.7 Å². The average Bonchev–Trinajstić information content (AvgIpc) is 2.56. The van der Waals surface area contributed by atoms with Crippen LogP contribution in [0.3, 0.4) is 0 Å². The summed E-state index contributed by atoms with van der Waals surface area (Å²) in [7, 11) is 1.62. The van der Waals surface area contributed by atoms with Crippen LogP contribution in [0.1, 0.15) is 40.5 Å². The Balaban J connectivity index is 1.76. The van der Waals surface area contributed by atoms with Crippen molar-refractivity contribution in [3.63, 3.8) is 0 Å². The van der Waals surface area contributed by atoms with Crippen LogP contribution in [-0.2, 0) is 0 Å². The lowest BCUT2D eigenvalue weighted by molar-refractivity contribution is 0.170. The van der Waals surface area contributed by atoms with Gasteiger partial charge in [0.15, 0.2) is 5.82 Å². The van der Waals surface area contributed by atoms with Crippen LogP contribution < -0.4 is 25.8 Å². The predicted molar refractivity (Wildman–Crippen MR) is 107 cm³/mol. The van der Waals surface area contributed by atoms with E-state index in [1.54, 1.807) is 7.11 Å². The van der Waals surface area contributed by atoms with Gasteiger partial charge in [0, 0.05) is 17.1 Å². The summed E-state index contributed by atoms with van der Waals surface area (Å²) in [6, 6.07) is 7.52. The standard InChI is InChI=1S/C20H29N5O2/c1-19(2)10-13(11-20(3,4)25-19)24-17-16(21)18(23-12-22-17)27-15-8-6-14(26-5)7-9-15/h6-9,12-13,25H,10-11,21H2,1-5H3,(H,22,23,24). The Morgan fingerprint density at radius 2 is 1.63 bits per heavy atom. The van der Waals surface area contributed by atoms with Crippen molar-refractivity contribution in [2.75, 3.05) is 18.2 Å². The molecule has 27 heavy (non-hydrogen) atoms. The van der Waals surface area contributed by atoms with E-state index in [-0.39, 0.29) is 17.1 Å². The summed E-state index contributed by atoms with van der Waals surface area (Å²) >= 11 is 0. The summed E-state index contributed by atoms with van der Waals surface area (Å²) in [5, 5.41) is 7.17. The molecule has 0 amide bonds. The van der Waals surface area contributed by atoms with Gasteiger partial charge in [-0.25, -0.2) is 4.98 Å². The van der Waals surface area contributed by atoms with Crippen LogP contribution in [-0.4, -0.2) is 34.2 Å². The maximum Gasteiger partial charge on any atom is 0.248 e. The molecule has 7 heteroatoms. The number of nitrogens with zero attached hydrogens (tertiary/aromatic N) is 2. The number of piperidine rings is 1. The van der Waals surface area contributed by atoms with Crippen LogP contribution in [0, 0.1) is 0 Å². The van der Waals surface area contributed by atoms with E-state index >= 15 is 0 Å². The number of hydrogen-bond donors (Lipinski definition) is 3. The van der Waals surface area contributed by atoms with Crippen molar-refractivity contribution < 1.29 is 9.47 Å². The number of anilines is 2. The minimum Gasteiger partial charge on any atom is -0.497 e. The molecule has 146 valence electrons. The van der Waals surface area contributed by atoms with Gasteiger partial charge in [-0.3, -0.25) is 0 Å². The average molecular weight is 371 g/mol. The number of benzene rings is 1. The van der Waals surface area contributed by atoms with E-state index in [9.17, 15) is 0 Å². The van der Waals surface area contributed by atoms with Crippen molar-refractivity contribution in [1.82, 2.24) is 15.3 Å². The fourth-order valence-corrected chi connectivity index (χ4v) is 3.95. The third-order valence-electron chi connectivity index (χ3n) is 4.65. The van der Waals surface area contributed by atoms with E-state index in [4.69, 9.17) is 15.2 Å². The van der Waals surface area contributed by atoms with Gasteiger partial charge in [-0.05, 0) is 64.8 Å². The zero-order valence-corrected chi connectivity index (χ0v) is 16.7. The lowest BCUT2D eigenvalue weighted by Gasteiger charge is -2.46. The largest absolute Gasteiger partial charge is 0.497 e. The topological polar surface area (TPSA) is 94.3 Å². The normalized spacial score (nSPS) is 18.7. The minimum absolute atomic E-state index is 0.0314. The minimum atomic E-state index is 0.0314. The molecule has 0 spiro atoms. The van der Waals surface area contributed by atoms with E-state index in [1.165, 1.54) is 6.33 Å². The molecular weight excluding hydrogens is 342 g/mol. The van der Waals surface area contributed by atoms with Gasteiger partial charge >= 0.3 is 0 Å². The van der Waals surface area contributed by atoms with E-state index in [0.717, 1.165) is 18.6 Å². The summed E-state index contributed by atoms with van der Waals surface area (Å²) < 4.78 is 11.0. The smallest absolute Gasteiger partial charge is 0.248 e. The van der Waals surface area contributed by atoms with Crippen molar-refractivity contribution in [2.24, 2.45) is 0 Å². The molecule has 1 saturated heterocycles. The SMILES string of the molecule is COc1ccc(Oc2ncnc(NC3CC(C)(C)NC(C)(C)C3)c2N)cc1. The molecule has 4 N–H and O–H groups in total. The number of nitrogen functional groups attached to an aromatic ring is 1. The van der Waals surface area contributed by atoms with Crippen molar-refractivity contribution in [1.29, 1.82) is 0 Å². The second kappa shape index (κ2) is 7.23. The first-order valence-electron chi connectivity index (χ1n) is 9.16. The summed E-state index contributed by atoms with van der Waals surface area (Å²) in [5.74, 6) is 2.34. The van der Waals surface area contributed by atoms with Gasteiger partial charge in [0.2, 0.25) is 5.88 Å². The first-order valence-corrected chi connectivity index (χ1v) is 9.16. The van der Waals surface area contributed by atoms with Crippen molar-refractivity contribution in [3.8, 4) is 17.4 Å². The van der Waals surface area contributed by atoms with Gasteiger partial charge in [-0.1, -0.05) is 0 Å². The van der Waals surface area contributed by atoms with Gasteiger partial charge in [0.1, 0.15) is 23.5 Å². The lowest BCUT2D eigenvalue weighted by atomic mass is 9.79. The molecule has 1 aromatic heterocycles. The molecule has 3 rings (SSSR count). The fourth-order valence-electron chi connectivity index (χ4n) is 3.95. The van der Waals surface area contributed by atoms with Crippen LogP contribution in [0.2, 0.25) is 0 Å². The third kappa shape index (κ3) is 4.80. The summed E-state index contributed by atoms with van der Waals surface area (Å²) in [5.41, 5.74) is 6.75. The van der Waals surface area contributed by atoms with E-state index in [0.29, 0.717) is 23.1 Å². The number of ether oxygens (including phenoxy) is 2. The molecule has 1 aliphatic rings. The number of nitrogens with two attached hydrogens (primary N) is 1. The van der Waals surface area contributed by atoms with Crippen LogP contribution in [0.4, 0.5) is 11.5 Å². The summed E-state index contributed by atoms with van der Waals surface area (Å²) in [4.78, 5) is 8.52. The highest BCUT2D eigenvalue weighted by Crippen LogP contribution is 2.34. The van der Waals surface area contributed by atoms with Crippen LogP contribution in [0.5, 0.6) is 17.4 Å². The molecule has 1 aromatic carbocycles. The predicted octanol–water partition coefficient (Wildman–Crippen LogP) is 3.58. The van der Waals surface area contributed by atoms with E-state index in [2.05, 4.69) is 48.3 Å². The molecule has 0 atom stereocenters. The molecule has 0 unspecified atom stereocenters. The number of nitrogens with one attached hydrogen (secondary N) is 2. The highest BCUT2D eigenvalue weighted by atomic mass is 16.5. The highest BCUT2D eigenvalue weighted by molar-refractivity contribution is 5.67. The number of methoxy groups -OCH3 is 1. The molecule has 0 aliphatic carbocycles. The number of hydrogen-bond acceptors (Lipinski definition) is 7. The molecule has 2 aromatic rings. The zero-order chi connectivity index (χ0) is 19.7. The zero-order valence-electron chi connectivity index (χ0n) is 16.7. The van der Waals surface area contributed by atoms with E-state index in [1.807, 2.05) is 24.3 Å². The van der Waals surface area contributed by atoms with Gasteiger partial charge in [-0.2, -0.15) is 4.98 Å². The van der Waals surface area contributed by atoms with Crippen LogP contribution >= 0.6 is 0 Å². The summed E-state index contributed by atoms with van der Waals surface area (Å²) in [6.07, 6.45) is 3.40. The summed E-state index contributed by atoms with van der Waals surface area (Å²) in [6.45, 7) is 8.85. The van der Waals surface area contributed by atoms with Gasteiger partial charge in [0.05, 0.1) is 7.11 Å². The maximum atomic E-state index is 6.29. The molecule has 7 nitrogen and oxygen atoms in total. The molecule has 1 fully saturated rings. The fraction of sp³-hybridized carbons (Fsp3) is 0.500. The van der Waals surface area contributed by atoms with Gasteiger partial charge < -0.3 is 25.8 Å². The quantitative estimate of drug-likeness (QED) is 0.739. The Kier molecular flexibility index (Phi) is 5.15. The number of rotatable bonds is 5. The first kappa shape index (κ1) is 19.2. The van der Waals surface area contributed by atoms with Crippen molar-refractivity contribution >= 4 is 11.5 Å². The van der Waals surface area contributed by atoms with Gasteiger partial charge in [0.25, 0.3) is 0 Å². The number of aromatic nitrogens is 2. The lowest BCUT2D eigenvalue weighted by Crippen LogP contribution is -2.60. The van der Waals surface area contributed by atoms with Crippen LogP contribution in [0.25, 0.3) is 0 Å². The first-order chi connectivity index (χ1) is 12.7. The monoisotopic (exact) mass is 371 g/mol. The molecular formula is C20H29N5O2. The second-order valence-corrected chi connectivity index (χ2v) is 8.36. The Morgan fingerprint density at radius 1 is 1.04 bits per heavy atom. The molecule has 0 saturated carbocycles. The van der Waals surface area contributed by atoms with E-state index < -0.39 is 0 Å².